The Labute approximate surface area is 108 Å². The summed E-state index contributed by atoms with van der Waals surface area (Å²) in [4.78, 5) is 0. The van der Waals surface area contributed by atoms with Crippen LogP contribution in [0.2, 0.25) is 0 Å². The van der Waals surface area contributed by atoms with Crippen LogP contribution in [0.4, 0.5) is 0 Å². The van der Waals surface area contributed by atoms with Crippen LogP contribution in [0.25, 0.3) is 0 Å². The van der Waals surface area contributed by atoms with E-state index in [4.69, 9.17) is 0 Å². The van der Waals surface area contributed by atoms with Gasteiger partial charge in [-0.05, 0) is 19.8 Å². The number of aromatic nitrogens is 3. The van der Waals surface area contributed by atoms with Crippen LogP contribution in [0.5, 0.6) is 0 Å². The van der Waals surface area contributed by atoms with Crippen molar-refractivity contribution < 1.29 is 0 Å². The van der Waals surface area contributed by atoms with E-state index in [-0.39, 0.29) is 0 Å². The molecular formula is C14H31N3. The molecule has 17 heavy (non-hydrogen) atoms. The summed E-state index contributed by atoms with van der Waals surface area (Å²) in [7, 11) is 0. The third-order valence-electron chi connectivity index (χ3n) is 2.20. The van der Waals surface area contributed by atoms with Crippen molar-refractivity contribution in [3.63, 3.8) is 0 Å². The van der Waals surface area contributed by atoms with E-state index >= 15 is 0 Å². The van der Waals surface area contributed by atoms with Crippen molar-refractivity contribution in [3.8, 4) is 0 Å². The molecule has 0 aliphatic rings. The second kappa shape index (κ2) is 15.1. The summed E-state index contributed by atoms with van der Waals surface area (Å²) >= 11 is 0. The quantitative estimate of drug-likeness (QED) is 0.688. The van der Waals surface area contributed by atoms with Crippen molar-refractivity contribution in [1.29, 1.82) is 0 Å². The minimum atomic E-state index is 0.919. The highest BCUT2D eigenvalue weighted by atomic mass is 15.4. The van der Waals surface area contributed by atoms with E-state index in [1.54, 1.807) is 0 Å². The van der Waals surface area contributed by atoms with Crippen molar-refractivity contribution in [2.24, 2.45) is 0 Å². The van der Waals surface area contributed by atoms with Gasteiger partial charge in [0.15, 0.2) is 0 Å². The van der Waals surface area contributed by atoms with E-state index in [0.29, 0.717) is 0 Å². The molecule has 102 valence electrons. The molecule has 3 heteroatoms. The van der Waals surface area contributed by atoms with Crippen LogP contribution >= 0.6 is 0 Å². The smallest absolute Gasteiger partial charge is 0.0827 e. The molecule has 0 saturated carbocycles. The van der Waals surface area contributed by atoms with Gasteiger partial charge in [-0.2, -0.15) is 0 Å². The van der Waals surface area contributed by atoms with Gasteiger partial charge in [-0.15, -0.1) is 5.10 Å². The molecule has 0 saturated heterocycles. The van der Waals surface area contributed by atoms with E-state index < -0.39 is 0 Å². The Morgan fingerprint density at radius 2 is 1.65 bits per heavy atom. The lowest BCUT2D eigenvalue weighted by atomic mass is 10.1. The van der Waals surface area contributed by atoms with Gasteiger partial charge in [0, 0.05) is 12.7 Å². The van der Waals surface area contributed by atoms with Crippen LogP contribution in [0.15, 0.2) is 6.20 Å². The Morgan fingerprint density at radius 3 is 2.12 bits per heavy atom. The third-order valence-corrected chi connectivity index (χ3v) is 2.20. The molecule has 0 unspecified atom stereocenters. The fraction of sp³-hybridized carbons (Fsp3) is 0.857. The Balaban J connectivity index is 0. The first-order valence-corrected chi connectivity index (χ1v) is 7.25. The molecule has 0 fully saturated rings. The lowest BCUT2D eigenvalue weighted by molar-refractivity contribution is 0.625. The number of nitrogens with zero attached hydrogens (tertiary/aromatic N) is 3. The number of hydrogen-bond acceptors (Lipinski definition) is 2. The zero-order chi connectivity index (χ0) is 13.5. The maximum absolute atomic E-state index is 4.10. The number of aryl methyl sites for hydroxylation is 2. The lowest BCUT2D eigenvalue weighted by Gasteiger charge is -1.95. The van der Waals surface area contributed by atoms with Gasteiger partial charge in [-0.1, -0.05) is 59.1 Å². The van der Waals surface area contributed by atoms with Crippen molar-refractivity contribution in [1.82, 2.24) is 15.0 Å². The van der Waals surface area contributed by atoms with Crippen molar-refractivity contribution in [2.75, 3.05) is 0 Å². The normalized spacial score (nSPS) is 8.82. The van der Waals surface area contributed by atoms with Crippen LogP contribution in [0.1, 0.15) is 72.9 Å². The molecule has 0 bridgehead atoms. The summed E-state index contributed by atoms with van der Waals surface area (Å²) in [6.07, 6.45) is 8.32. The van der Waals surface area contributed by atoms with Crippen LogP contribution in [0.3, 0.4) is 0 Å². The summed E-state index contributed by atoms with van der Waals surface area (Å²) in [5.74, 6) is 0. The Morgan fingerprint density at radius 1 is 1.00 bits per heavy atom. The second-order valence-electron chi connectivity index (χ2n) is 3.38. The SMILES string of the molecule is CC.CC.CCCCCCc1cn(CC)nn1. The van der Waals surface area contributed by atoms with Crippen LogP contribution < -0.4 is 0 Å². The van der Waals surface area contributed by atoms with Crippen molar-refractivity contribution in [3.05, 3.63) is 11.9 Å². The average Bonchev–Trinajstić information content (AvgIpc) is 2.87. The minimum Gasteiger partial charge on any atom is -0.253 e. The maximum Gasteiger partial charge on any atom is 0.0827 e. The summed E-state index contributed by atoms with van der Waals surface area (Å²) < 4.78 is 1.88. The van der Waals surface area contributed by atoms with Gasteiger partial charge in [-0.3, -0.25) is 4.68 Å². The van der Waals surface area contributed by atoms with Gasteiger partial charge >= 0.3 is 0 Å². The molecule has 0 radical (unpaired) electrons. The number of hydrogen-bond donors (Lipinski definition) is 0. The Hall–Kier alpha value is -0.860. The zero-order valence-electron chi connectivity index (χ0n) is 12.7. The Kier molecular flexibility index (Phi) is 16.5. The van der Waals surface area contributed by atoms with Crippen molar-refractivity contribution in [2.45, 2.75) is 80.2 Å². The first-order chi connectivity index (χ1) is 8.36. The molecule has 0 aliphatic heterocycles. The first-order valence-electron chi connectivity index (χ1n) is 7.25. The molecule has 0 N–H and O–H groups in total. The van der Waals surface area contributed by atoms with Crippen LogP contribution in [-0.4, -0.2) is 15.0 Å². The molecule has 1 rings (SSSR count). The van der Waals surface area contributed by atoms with Crippen molar-refractivity contribution >= 4 is 0 Å². The Bertz CT molecular complexity index is 231. The molecule has 0 atom stereocenters. The zero-order valence-corrected chi connectivity index (χ0v) is 12.7. The molecule has 0 amide bonds. The largest absolute Gasteiger partial charge is 0.253 e. The maximum atomic E-state index is 4.10. The molecule has 0 spiro atoms. The predicted molar refractivity (Wildman–Crippen MR) is 76.2 cm³/mol. The van der Waals surface area contributed by atoms with Gasteiger partial charge in [0.05, 0.1) is 5.69 Å². The van der Waals surface area contributed by atoms with Gasteiger partial charge < -0.3 is 0 Å². The van der Waals surface area contributed by atoms with E-state index in [2.05, 4.69) is 24.2 Å². The van der Waals surface area contributed by atoms with Gasteiger partial charge in [0.25, 0.3) is 0 Å². The number of rotatable bonds is 6. The van der Waals surface area contributed by atoms with Gasteiger partial charge in [-0.25, -0.2) is 0 Å². The fourth-order valence-electron chi connectivity index (χ4n) is 1.34. The van der Waals surface area contributed by atoms with Crippen LogP contribution in [0, 0.1) is 0 Å². The summed E-state index contributed by atoms with van der Waals surface area (Å²) in [5, 5.41) is 8.10. The van der Waals surface area contributed by atoms with Gasteiger partial charge in [0.2, 0.25) is 0 Å². The molecule has 0 aliphatic carbocycles. The molecule has 1 heterocycles. The molecule has 0 aromatic carbocycles. The highest BCUT2D eigenvalue weighted by molar-refractivity contribution is 4.91. The van der Waals surface area contributed by atoms with Crippen LogP contribution in [-0.2, 0) is 13.0 Å². The number of unbranched alkanes of at least 4 members (excludes halogenated alkanes) is 3. The molecule has 3 nitrogen and oxygen atoms in total. The second-order valence-corrected chi connectivity index (χ2v) is 3.38. The molecular weight excluding hydrogens is 210 g/mol. The van der Waals surface area contributed by atoms with E-state index in [1.165, 1.54) is 25.7 Å². The molecule has 1 aromatic rings. The summed E-state index contributed by atoms with van der Waals surface area (Å²) in [5.41, 5.74) is 1.14. The monoisotopic (exact) mass is 241 g/mol. The standard InChI is InChI=1S/C10H19N3.2C2H6/c1-3-5-6-7-8-10-9-13(4-2)12-11-10;2*1-2/h9H,3-8H2,1-2H3;2*1-2H3. The molecule has 1 aromatic heterocycles. The highest BCUT2D eigenvalue weighted by Gasteiger charge is 1.98. The average molecular weight is 241 g/mol. The predicted octanol–water partition coefficient (Wildman–Crippen LogP) is 4.47. The third kappa shape index (κ3) is 10.0. The first kappa shape index (κ1) is 18.5. The summed E-state index contributed by atoms with van der Waals surface area (Å²) in [6.45, 7) is 13.2. The minimum absolute atomic E-state index is 0.919. The highest BCUT2D eigenvalue weighted by Crippen LogP contribution is 2.04. The topological polar surface area (TPSA) is 30.7 Å². The van der Waals surface area contributed by atoms with Gasteiger partial charge in [0.1, 0.15) is 0 Å². The lowest BCUT2D eigenvalue weighted by Crippen LogP contribution is -1.93. The summed E-state index contributed by atoms with van der Waals surface area (Å²) in [6, 6.07) is 0. The fourth-order valence-corrected chi connectivity index (χ4v) is 1.34. The van der Waals surface area contributed by atoms with E-state index in [9.17, 15) is 0 Å². The van der Waals surface area contributed by atoms with E-state index in [0.717, 1.165) is 18.7 Å². The van der Waals surface area contributed by atoms with E-state index in [1.807, 2.05) is 38.6 Å².